The zero-order chi connectivity index (χ0) is 11.0. The molecule has 0 radical (unpaired) electrons. The zero-order valence-corrected chi connectivity index (χ0v) is 9.97. The minimum Gasteiger partial charge on any atom is -0.253 e. The van der Waals surface area contributed by atoms with E-state index >= 15 is 0 Å². The zero-order valence-electron chi connectivity index (χ0n) is 9.21. The molecular formula is C13H14ClN. The van der Waals surface area contributed by atoms with E-state index in [0.29, 0.717) is 5.92 Å². The van der Waals surface area contributed by atoms with Crippen molar-refractivity contribution < 1.29 is 0 Å². The fourth-order valence-electron chi connectivity index (χ4n) is 1.86. The minimum atomic E-state index is 0.484. The normalized spacial score (nSPS) is 11.3. The van der Waals surface area contributed by atoms with Crippen molar-refractivity contribution in [2.24, 2.45) is 0 Å². The number of aromatic nitrogens is 1. The van der Waals surface area contributed by atoms with E-state index in [1.54, 1.807) is 0 Å². The van der Waals surface area contributed by atoms with Crippen LogP contribution < -0.4 is 0 Å². The molecule has 0 aliphatic heterocycles. The van der Waals surface area contributed by atoms with Gasteiger partial charge in [0.15, 0.2) is 0 Å². The molecule has 15 heavy (non-hydrogen) atoms. The monoisotopic (exact) mass is 219 g/mol. The van der Waals surface area contributed by atoms with Crippen LogP contribution in [0.4, 0.5) is 0 Å². The maximum absolute atomic E-state index is 6.15. The Morgan fingerprint density at radius 1 is 1.27 bits per heavy atom. The topological polar surface area (TPSA) is 12.9 Å². The van der Waals surface area contributed by atoms with Crippen LogP contribution in [-0.4, -0.2) is 4.98 Å². The summed E-state index contributed by atoms with van der Waals surface area (Å²) in [6, 6.07) is 8.00. The molecule has 2 heteroatoms. The van der Waals surface area contributed by atoms with Gasteiger partial charge in [-0.15, -0.1) is 0 Å². The Labute approximate surface area is 95.1 Å². The van der Waals surface area contributed by atoms with E-state index in [1.807, 2.05) is 18.2 Å². The van der Waals surface area contributed by atoms with Gasteiger partial charge in [-0.3, -0.25) is 4.98 Å². The van der Waals surface area contributed by atoms with E-state index in [-0.39, 0.29) is 0 Å². The number of hydrogen-bond donors (Lipinski definition) is 0. The fraction of sp³-hybridized carbons (Fsp3) is 0.308. The Hall–Kier alpha value is -1.08. The van der Waals surface area contributed by atoms with Gasteiger partial charge >= 0.3 is 0 Å². The molecule has 0 unspecified atom stereocenters. The molecule has 0 N–H and O–H groups in total. The molecule has 0 saturated carbocycles. The molecule has 78 valence electrons. The molecular weight excluding hydrogens is 206 g/mol. The van der Waals surface area contributed by atoms with Crippen LogP contribution in [0.5, 0.6) is 0 Å². The first kappa shape index (κ1) is 10.4. The van der Waals surface area contributed by atoms with Gasteiger partial charge in [-0.05, 0) is 36.6 Å². The second-order valence-electron chi connectivity index (χ2n) is 4.12. The third-order valence-corrected chi connectivity index (χ3v) is 2.99. The molecule has 1 aromatic carbocycles. The average molecular weight is 220 g/mol. The van der Waals surface area contributed by atoms with Crippen molar-refractivity contribution in [3.63, 3.8) is 0 Å². The predicted octanol–water partition coefficient (Wildman–Crippen LogP) is 4.32. The first-order chi connectivity index (χ1) is 7.09. The summed E-state index contributed by atoms with van der Waals surface area (Å²) in [5, 5.41) is 1.83. The molecule has 1 heterocycles. The van der Waals surface area contributed by atoms with E-state index in [0.717, 1.165) is 21.6 Å². The van der Waals surface area contributed by atoms with Crippen molar-refractivity contribution in [1.82, 2.24) is 4.98 Å². The summed E-state index contributed by atoms with van der Waals surface area (Å²) >= 11 is 6.15. The number of benzene rings is 1. The lowest BCUT2D eigenvalue weighted by atomic mass is 10.00. The molecule has 2 rings (SSSR count). The first-order valence-corrected chi connectivity index (χ1v) is 5.53. The van der Waals surface area contributed by atoms with Crippen LogP contribution in [-0.2, 0) is 0 Å². The Bertz CT molecular complexity index is 503. The molecule has 0 aliphatic carbocycles. The Kier molecular flexibility index (Phi) is 2.66. The van der Waals surface area contributed by atoms with Crippen LogP contribution >= 0.6 is 11.6 Å². The first-order valence-electron chi connectivity index (χ1n) is 5.15. The quantitative estimate of drug-likeness (QED) is 0.696. The number of halogens is 1. The molecule has 0 spiro atoms. The van der Waals surface area contributed by atoms with Gasteiger partial charge in [0, 0.05) is 16.1 Å². The Balaban J connectivity index is 2.78. The fourth-order valence-corrected chi connectivity index (χ4v) is 2.08. The van der Waals surface area contributed by atoms with Crippen molar-refractivity contribution in [1.29, 1.82) is 0 Å². The van der Waals surface area contributed by atoms with Gasteiger partial charge < -0.3 is 0 Å². The number of fused-ring (bicyclic) bond motifs is 1. The summed E-state index contributed by atoms with van der Waals surface area (Å²) < 4.78 is 0. The summed E-state index contributed by atoms with van der Waals surface area (Å²) in [5.74, 6) is 0.484. The van der Waals surface area contributed by atoms with Crippen LogP contribution in [0.3, 0.4) is 0 Å². The highest BCUT2D eigenvalue weighted by Crippen LogP contribution is 2.27. The number of hydrogen-bond acceptors (Lipinski definition) is 1. The van der Waals surface area contributed by atoms with E-state index in [4.69, 9.17) is 11.6 Å². The highest BCUT2D eigenvalue weighted by molar-refractivity contribution is 6.35. The van der Waals surface area contributed by atoms with E-state index in [2.05, 4.69) is 31.8 Å². The summed E-state index contributed by atoms with van der Waals surface area (Å²) in [5.41, 5.74) is 3.35. The molecule has 0 fully saturated rings. The summed E-state index contributed by atoms with van der Waals surface area (Å²) in [6.07, 6.45) is 0. The maximum Gasteiger partial charge on any atom is 0.0720 e. The van der Waals surface area contributed by atoms with E-state index < -0.39 is 0 Å². The van der Waals surface area contributed by atoms with Gasteiger partial charge in [0.2, 0.25) is 0 Å². The average Bonchev–Trinajstić information content (AvgIpc) is 2.16. The van der Waals surface area contributed by atoms with Crippen LogP contribution in [0.2, 0.25) is 5.02 Å². The smallest absolute Gasteiger partial charge is 0.0720 e. The van der Waals surface area contributed by atoms with Crippen LogP contribution in [0.15, 0.2) is 24.3 Å². The van der Waals surface area contributed by atoms with Gasteiger partial charge in [-0.1, -0.05) is 31.5 Å². The highest BCUT2D eigenvalue weighted by atomic mass is 35.5. The molecule has 2 aromatic rings. The molecule has 0 amide bonds. The Morgan fingerprint density at radius 2 is 2.00 bits per heavy atom. The van der Waals surface area contributed by atoms with Crippen LogP contribution in [0.25, 0.3) is 10.9 Å². The van der Waals surface area contributed by atoms with Crippen molar-refractivity contribution in [3.8, 4) is 0 Å². The lowest BCUT2D eigenvalue weighted by Crippen LogP contribution is -1.95. The minimum absolute atomic E-state index is 0.484. The standard InChI is InChI=1S/C13H14ClN/c1-8(2)10-7-11-12(14)5-4-6-13(11)15-9(10)3/h4-8H,1-3H3. The molecule has 0 aliphatic rings. The number of nitrogens with zero attached hydrogens (tertiary/aromatic N) is 1. The van der Waals surface area contributed by atoms with Crippen molar-refractivity contribution in [3.05, 3.63) is 40.5 Å². The van der Waals surface area contributed by atoms with Crippen molar-refractivity contribution >= 4 is 22.5 Å². The molecule has 0 bridgehead atoms. The lowest BCUT2D eigenvalue weighted by Gasteiger charge is -2.11. The van der Waals surface area contributed by atoms with Crippen LogP contribution in [0.1, 0.15) is 31.0 Å². The molecule has 0 atom stereocenters. The number of rotatable bonds is 1. The second-order valence-corrected chi connectivity index (χ2v) is 4.53. The van der Waals surface area contributed by atoms with Gasteiger partial charge in [0.1, 0.15) is 0 Å². The second kappa shape index (κ2) is 3.82. The van der Waals surface area contributed by atoms with Gasteiger partial charge in [-0.2, -0.15) is 0 Å². The molecule has 0 saturated heterocycles. The molecule has 1 nitrogen and oxygen atoms in total. The van der Waals surface area contributed by atoms with Crippen LogP contribution in [0, 0.1) is 6.92 Å². The Morgan fingerprint density at radius 3 is 2.67 bits per heavy atom. The number of pyridine rings is 1. The van der Waals surface area contributed by atoms with Crippen molar-refractivity contribution in [2.75, 3.05) is 0 Å². The summed E-state index contributed by atoms with van der Waals surface area (Å²) in [4.78, 5) is 4.57. The SMILES string of the molecule is Cc1nc2cccc(Cl)c2cc1C(C)C. The van der Waals surface area contributed by atoms with Gasteiger partial charge in [0.05, 0.1) is 5.52 Å². The summed E-state index contributed by atoms with van der Waals surface area (Å²) in [7, 11) is 0. The third kappa shape index (κ3) is 1.84. The van der Waals surface area contributed by atoms with E-state index in [1.165, 1.54) is 5.56 Å². The molecule has 1 aromatic heterocycles. The van der Waals surface area contributed by atoms with E-state index in [9.17, 15) is 0 Å². The lowest BCUT2D eigenvalue weighted by molar-refractivity contribution is 0.848. The van der Waals surface area contributed by atoms with Gasteiger partial charge in [0.25, 0.3) is 0 Å². The number of aryl methyl sites for hydroxylation is 1. The maximum atomic E-state index is 6.15. The summed E-state index contributed by atoms with van der Waals surface area (Å²) in [6.45, 7) is 6.40. The largest absolute Gasteiger partial charge is 0.253 e. The highest BCUT2D eigenvalue weighted by Gasteiger charge is 2.08. The van der Waals surface area contributed by atoms with Crippen molar-refractivity contribution in [2.45, 2.75) is 26.7 Å². The van der Waals surface area contributed by atoms with Gasteiger partial charge in [-0.25, -0.2) is 0 Å². The third-order valence-electron chi connectivity index (χ3n) is 2.66. The predicted molar refractivity (Wildman–Crippen MR) is 65.6 cm³/mol.